The Labute approximate surface area is 118 Å². The lowest BCUT2D eigenvalue weighted by atomic mass is 10.1. The first-order valence-electron chi connectivity index (χ1n) is 5.72. The first kappa shape index (κ1) is 16.4. The van der Waals surface area contributed by atoms with Crippen molar-refractivity contribution in [1.82, 2.24) is 10.0 Å². The lowest BCUT2D eigenvalue weighted by molar-refractivity contribution is 0.421. The Balaban J connectivity index is 2.54. The minimum atomic E-state index is -3.26. The summed E-state index contributed by atoms with van der Waals surface area (Å²) in [4.78, 5) is 0. The largest absolute Gasteiger partial charge is 0.311 e. The molecule has 0 saturated carbocycles. The number of rotatable bonds is 6. The molecule has 19 heavy (non-hydrogen) atoms. The summed E-state index contributed by atoms with van der Waals surface area (Å²) in [6.07, 6.45) is 1.11. The van der Waals surface area contributed by atoms with Gasteiger partial charge in [0.05, 0.1) is 6.26 Å². The van der Waals surface area contributed by atoms with Crippen LogP contribution in [0.4, 0.5) is 4.39 Å². The summed E-state index contributed by atoms with van der Waals surface area (Å²) in [6.45, 7) is 4.35. The Hall–Kier alpha value is -0.690. The summed E-state index contributed by atoms with van der Waals surface area (Å²) < 4.78 is 37.9. The number of nitrogens with one attached hydrogen (secondary N) is 2. The topological polar surface area (TPSA) is 58.2 Å². The van der Waals surface area contributed by atoms with Crippen LogP contribution in [0.2, 0.25) is 5.02 Å². The summed E-state index contributed by atoms with van der Waals surface area (Å²) in [5, 5.41) is 3.40. The zero-order valence-corrected chi connectivity index (χ0v) is 12.7. The molecule has 2 N–H and O–H groups in total. The summed E-state index contributed by atoms with van der Waals surface area (Å²) in [5.74, 6) is -0.391. The smallest absolute Gasteiger partial charge is 0.209 e. The third-order valence-electron chi connectivity index (χ3n) is 2.28. The minimum absolute atomic E-state index is 0.338. The maximum Gasteiger partial charge on any atom is 0.209 e. The van der Waals surface area contributed by atoms with Crippen LogP contribution in [0.15, 0.2) is 18.2 Å². The van der Waals surface area contributed by atoms with Gasteiger partial charge in [-0.2, -0.15) is 0 Å². The van der Waals surface area contributed by atoms with Gasteiger partial charge in [-0.3, -0.25) is 0 Å². The van der Waals surface area contributed by atoms with Crippen molar-refractivity contribution >= 4 is 21.6 Å². The van der Waals surface area contributed by atoms with Gasteiger partial charge in [0.15, 0.2) is 0 Å². The molecule has 0 aliphatic heterocycles. The van der Waals surface area contributed by atoms with Gasteiger partial charge >= 0.3 is 0 Å². The van der Waals surface area contributed by atoms with E-state index < -0.39 is 21.4 Å². The molecule has 0 fully saturated rings. The molecular weight excluding hydrogens is 291 g/mol. The van der Waals surface area contributed by atoms with Crippen molar-refractivity contribution < 1.29 is 12.8 Å². The van der Waals surface area contributed by atoms with Gasteiger partial charge in [-0.1, -0.05) is 11.6 Å². The molecule has 108 valence electrons. The summed E-state index contributed by atoms with van der Waals surface area (Å²) >= 11 is 5.75. The molecule has 0 unspecified atom stereocenters. The molecule has 4 nitrogen and oxygen atoms in total. The molecule has 0 heterocycles. The van der Waals surface area contributed by atoms with Gasteiger partial charge in [0, 0.05) is 23.7 Å². The molecule has 0 aromatic heterocycles. The molecule has 0 radical (unpaired) electrons. The lowest BCUT2D eigenvalue weighted by Crippen LogP contribution is -2.49. The third-order valence-corrected chi connectivity index (χ3v) is 3.42. The second-order valence-corrected chi connectivity index (χ2v) is 7.32. The Bertz CT molecular complexity index is 526. The fourth-order valence-corrected chi connectivity index (χ4v) is 3.09. The van der Waals surface area contributed by atoms with E-state index in [-0.39, 0.29) is 0 Å². The monoisotopic (exact) mass is 308 g/mol. The van der Waals surface area contributed by atoms with Crippen LogP contribution in [0.5, 0.6) is 0 Å². The summed E-state index contributed by atoms with van der Waals surface area (Å²) in [7, 11) is -3.26. The molecule has 0 spiro atoms. The van der Waals surface area contributed by atoms with Crippen LogP contribution in [-0.2, 0) is 16.6 Å². The molecular formula is C12H18ClFN2O2S. The highest BCUT2D eigenvalue weighted by atomic mass is 35.5. The van der Waals surface area contributed by atoms with Crippen molar-refractivity contribution in [3.8, 4) is 0 Å². The Morgan fingerprint density at radius 3 is 2.47 bits per heavy atom. The third kappa shape index (κ3) is 6.87. The van der Waals surface area contributed by atoms with Crippen LogP contribution in [0.3, 0.4) is 0 Å². The second-order valence-electron chi connectivity index (χ2n) is 5.14. The van der Waals surface area contributed by atoms with Crippen molar-refractivity contribution in [2.75, 3.05) is 12.8 Å². The van der Waals surface area contributed by atoms with Crippen LogP contribution in [0.25, 0.3) is 0 Å². The van der Waals surface area contributed by atoms with E-state index in [0.717, 1.165) is 6.26 Å². The SMILES string of the molecule is CC(C)(CNCc1cc(F)cc(Cl)c1)NS(C)(=O)=O. The molecule has 0 aliphatic rings. The summed E-state index contributed by atoms with van der Waals surface area (Å²) in [5.41, 5.74) is 0.0881. The Morgan fingerprint density at radius 2 is 1.95 bits per heavy atom. The average molecular weight is 309 g/mol. The van der Waals surface area contributed by atoms with Gasteiger partial charge in [-0.25, -0.2) is 17.5 Å². The first-order chi connectivity index (χ1) is 8.57. The number of sulfonamides is 1. The first-order valence-corrected chi connectivity index (χ1v) is 7.99. The van der Waals surface area contributed by atoms with Crippen molar-refractivity contribution in [3.05, 3.63) is 34.6 Å². The molecule has 0 bridgehead atoms. The number of hydrogen-bond acceptors (Lipinski definition) is 3. The van der Waals surface area contributed by atoms with Gasteiger partial charge in [0.1, 0.15) is 5.82 Å². The second kappa shape index (κ2) is 6.17. The van der Waals surface area contributed by atoms with Gasteiger partial charge in [0.25, 0.3) is 0 Å². The Morgan fingerprint density at radius 1 is 1.32 bits per heavy atom. The fraction of sp³-hybridized carbons (Fsp3) is 0.500. The fourth-order valence-electron chi connectivity index (χ4n) is 1.77. The molecule has 1 rings (SSSR count). The maximum absolute atomic E-state index is 13.1. The standard InChI is InChI=1S/C12H18ClFN2O2S/c1-12(2,16-19(3,17)18)8-15-7-9-4-10(13)6-11(14)5-9/h4-6,15-16H,7-8H2,1-3H3. The maximum atomic E-state index is 13.1. The van der Waals surface area contributed by atoms with Crippen molar-refractivity contribution in [2.24, 2.45) is 0 Å². The van der Waals surface area contributed by atoms with Gasteiger partial charge in [0.2, 0.25) is 10.0 Å². The molecule has 1 aromatic carbocycles. The molecule has 1 aromatic rings. The predicted octanol–water partition coefficient (Wildman–Crippen LogP) is 1.90. The van der Waals surface area contributed by atoms with E-state index in [1.807, 2.05) is 0 Å². The highest BCUT2D eigenvalue weighted by molar-refractivity contribution is 7.88. The quantitative estimate of drug-likeness (QED) is 0.844. The molecule has 0 amide bonds. The zero-order chi connectivity index (χ0) is 14.7. The van der Waals surface area contributed by atoms with E-state index >= 15 is 0 Å². The van der Waals surface area contributed by atoms with E-state index in [0.29, 0.717) is 23.7 Å². The molecule has 0 atom stereocenters. The summed E-state index contributed by atoms with van der Waals surface area (Å²) in [6, 6.07) is 4.28. The zero-order valence-electron chi connectivity index (χ0n) is 11.1. The minimum Gasteiger partial charge on any atom is -0.311 e. The van der Waals surface area contributed by atoms with E-state index in [1.165, 1.54) is 12.1 Å². The van der Waals surface area contributed by atoms with Crippen LogP contribution in [0.1, 0.15) is 19.4 Å². The van der Waals surface area contributed by atoms with Crippen molar-refractivity contribution in [3.63, 3.8) is 0 Å². The van der Waals surface area contributed by atoms with E-state index in [4.69, 9.17) is 11.6 Å². The van der Waals surface area contributed by atoms with E-state index in [1.54, 1.807) is 19.9 Å². The van der Waals surface area contributed by atoms with Gasteiger partial charge in [-0.15, -0.1) is 0 Å². The van der Waals surface area contributed by atoms with Crippen LogP contribution < -0.4 is 10.0 Å². The van der Waals surface area contributed by atoms with Crippen molar-refractivity contribution in [1.29, 1.82) is 0 Å². The number of benzene rings is 1. The molecule has 7 heteroatoms. The molecule has 0 aliphatic carbocycles. The van der Waals surface area contributed by atoms with Gasteiger partial charge < -0.3 is 5.32 Å². The molecule has 0 saturated heterocycles. The van der Waals surface area contributed by atoms with E-state index in [2.05, 4.69) is 10.0 Å². The van der Waals surface area contributed by atoms with Crippen LogP contribution in [-0.4, -0.2) is 26.8 Å². The lowest BCUT2D eigenvalue weighted by Gasteiger charge is -2.25. The Kier molecular flexibility index (Phi) is 5.32. The van der Waals surface area contributed by atoms with Crippen LogP contribution >= 0.6 is 11.6 Å². The predicted molar refractivity (Wildman–Crippen MR) is 75.2 cm³/mol. The van der Waals surface area contributed by atoms with E-state index in [9.17, 15) is 12.8 Å². The number of halogens is 2. The number of hydrogen-bond donors (Lipinski definition) is 2. The van der Waals surface area contributed by atoms with Crippen LogP contribution in [0, 0.1) is 5.82 Å². The highest BCUT2D eigenvalue weighted by Crippen LogP contribution is 2.14. The average Bonchev–Trinajstić information content (AvgIpc) is 2.10. The van der Waals surface area contributed by atoms with Crippen molar-refractivity contribution in [2.45, 2.75) is 25.9 Å². The normalized spacial score (nSPS) is 12.7. The highest BCUT2D eigenvalue weighted by Gasteiger charge is 2.21. The van der Waals surface area contributed by atoms with Gasteiger partial charge in [-0.05, 0) is 37.6 Å².